The Morgan fingerprint density at radius 2 is 2.00 bits per heavy atom. The number of benzene rings is 1. The van der Waals surface area contributed by atoms with Crippen LogP contribution >= 0.6 is 0 Å². The van der Waals surface area contributed by atoms with E-state index in [0.717, 1.165) is 23.2 Å². The smallest absolute Gasteiger partial charge is 0.180 e. The van der Waals surface area contributed by atoms with Gasteiger partial charge in [0, 0.05) is 24.7 Å². The van der Waals surface area contributed by atoms with Crippen LogP contribution < -0.4 is 5.32 Å². The molecule has 0 spiro atoms. The second kappa shape index (κ2) is 6.53. The van der Waals surface area contributed by atoms with E-state index in [1.165, 1.54) is 5.56 Å². The largest absolute Gasteiger partial charge is 0.381 e. The highest BCUT2D eigenvalue weighted by Gasteiger charge is 2.12. The van der Waals surface area contributed by atoms with Crippen molar-refractivity contribution in [2.75, 3.05) is 5.32 Å². The fourth-order valence-electron chi connectivity index (χ4n) is 2.30. The lowest BCUT2D eigenvalue weighted by Gasteiger charge is -2.14. The molecule has 110 valence electrons. The second-order valence-corrected chi connectivity index (χ2v) is 5.53. The van der Waals surface area contributed by atoms with Gasteiger partial charge < -0.3 is 5.32 Å². The van der Waals surface area contributed by atoms with Gasteiger partial charge in [-0.15, -0.1) is 0 Å². The summed E-state index contributed by atoms with van der Waals surface area (Å²) in [5, 5.41) is 3.31. The van der Waals surface area contributed by atoms with Crippen molar-refractivity contribution < 1.29 is 4.79 Å². The maximum absolute atomic E-state index is 11.7. The monoisotopic (exact) mass is 282 g/mol. The molecule has 0 aliphatic carbocycles. The molecule has 0 unspecified atom stereocenters. The molecule has 1 aromatic heterocycles. The summed E-state index contributed by atoms with van der Waals surface area (Å²) >= 11 is 0. The van der Waals surface area contributed by atoms with Crippen LogP contribution in [0.25, 0.3) is 11.1 Å². The molecule has 0 saturated heterocycles. The van der Waals surface area contributed by atoms with Crippen LogP contribution in [0.2, 0.25) is 0 Å². The van der Waals surface area contributed by atoms with E-state index in [2.05, 4.69) is 41.5 Å². The van der Waals surface area contributed by atoms with E-state index in [1.807, 2.05) is 19.9 Å². The van der Waals surface area contributed by atoms with Crippen molar-refractivity contribution in [2.45, 2.75) is 40.2 Å². The molecule has 0 bridgehead atoms. The summed E-state index contributed by atoms with van der Waals surface area (Å²) in [6.07, 6.45) is 2.78. The first-order chi connectivity index (χ1) is 10.0. The SMILES string of the molecule is CCc1cccc(-c2cnc(C(C)=O)c(NC(C)C)c2)c1. The van der Waals surface area contributed by atoms with Crippen molar-refractivity contribution in [3.05, 3.63) is 47.8 Å². The third-order valence-corrected chi connectivity index (χ3v) is 3.33. The highest BCUT2D eigenvalue weighted by molar-refractivity contribution is 5.98. The molecule has 0 radical (unpaired) electrons. The molecule has 0 saturated carbocycles. The maximum atomic E-state index is 11.7. The van der Waals surface area contributed by atoms with Gasteiger partial charge in [-0.2, -0.15) is 0 Å². The molecule has 2 rings (SSSR count). The molecular weight excluding hydrogens is 260 g/mol. The van der Waals surface area contributed by atoms with Crippen molar-refractivity contribution in [1.82, 2.24) is 4.98 Å². The summed E-state index contributed by atoms with van der Waals surface area (Å²) in [6.45, 7) is 7.79. The number of hydrogen-bond donors (Lipinski definition) is 1. The Morgan fingerprint density at radius 1 is 1.24 bits per heavy atom. The number of aryl methyl sites for hydroxylation is 1. The van der Waals surface area contributed by atoms with Crippen molar-refractivity contribution in [3.8, 4) is 11.1 Å². The summed E-state index contributed by atoms with van der Waals surface area (Å²) in [5.74, 6) is -0.0213. The number of rotatable bonds is 5. The van der Waals surface area contributed by atoms with Crippen molar-refractivity contribution in [1.29, 1.82) is 0 Å². The Bertz CT molecular complexity index is 647. The zero-order valence-electron chi connectivity index (χ0n) is 13.1. The van der Waals surface area contributed by atoms with Gasteiger partial charge in [-0.3, -0.25) is 9.78 Å². The van der Waals surface area contributed by atoms with Crippen molar-refractivity contribution in [2.24, 2.45) is 0 Å². The summed E-state index contributed by atoms with van der Waals surface area (Å²) in [6, 6.07) is 10.7. The predicted molar refractivity (Wildman–Crippen MR) is 87.8 cm³/mol. The minimum atomic E-state index is -0.0213. The summed E-state index contributed by atoms with van der Waals surface area (Å²) in [7, 11) is 0. The first-order valence-corrected chi connectivity index (χ1v) is 7.38. The lowest BCUT2D eigenvalue weighted by Crippen LogP contribution is -2.14. The lowest BCUT2D eigenvalue weighted by molar-refractivity contribution is 0.101. The standard InChI is InChI=1S/C18H22N2O/c1-5-14-7-6-8-15(9-14)16-10-17(20-12(2)3)18(13(4)21)19-11-16/h6-12,20H,5H2,1-4H3. The van der Waals surface area contributed by atoms with Crippen LogP contribution in [-0.2, 0) is 6.42 Å². The minimum Gasteiger partial charge on any atom is -0.381 e. The molecule has 0 aliphatic heterocycles. The molecular formula is C18H22N2O. The fourth-order valence-corrected chi connectivity index (χ4v) is 2.30. The number of pyridine rings is 1. The zero-order chi connectivity index (χ0) is 15.4. The summed E-state index contributed by atoms with van der Waals surface area (Å²) < 4.78 is 0. The Labute approximate surface area is 126 Å². The number of aromatic nitrogens is 1. The Morgan fingerprint density at radius 3 is 2.62 bits per heavy atom. The van der Waals surface area contributed by atoms with E-state index in [4.69, 9.17) is 0 Å². The Balaban J connectivity index is 2.47. The van der Waals surface area contributed by atoms with Gasteiger partial charge in [-0.1, -0.05) is 31.2 Å². The van der Waals surface area contributed by atoms with E-state index in [1.54, 1.807) is 13.1 Å². The maximum Gasteiger partial charge on any atom is 0.180 e. The Kier molecular flexibility index (Phi) is 4.73. The van der Waals surface area contributed by atoms with Crippen LogP contribution in [0.15, 0.2) is 36.5 Å². The average molecular weight is 282 g/mol. The van der Waals surface area contributed by atoms with Gasteiger partial charge in [0.05, 0.1) is 5.69 Å². The third kappa shape index (κ3) is 3.69. The van der Waals surface area contributed by atoms with E-state index in [-0.39, 0.29) is 11.8 Å². The highest BCUT2D eigenvalue weighted by atomic mass is 16.1. The summed E-state index contributed by atoms with van der Waals surface area (Å²) in [5.41, 5.74) is 4.75. The molecule has 0 fully saturated rings. The number of carbonyl (C=O) groups excluding carboxylic acids is 1. The predicted octanol–water partition coefficient (Wildman–Crippen LogP) is 4.33. The van der Waals surface area contributed by atoms with E-state index in [0.29, 0.717) is 5.69 Å². The number of ketones is 1. The number of hydrogen-bond acceptors (Lipinski definition) is 3. The van der Waals surface area contributed by atoms with Crippen LogP contribution in [0.4, 0.5) is 5.69 Å². The van der Waals surface area contributed by atoms with Gasteiger partial charge in [-0.05, 0) is 37.5 Å². The molecule has 0 amide bonds. The van der Waals surface area contributed by atoms with Gasteiger partial charge in [-0.25, -0.2) is 0 Å². The van der Waals surface area contributed by atoms with Gasteiger partial charge in [0.25, 0.3) is 0 Å². The van der Waals surface area contributed by atoms with Gasteiger partial charge >= 0.3 is 0 Å². The van der Waals surface area contributed by atoms with E-state index in [9.17, 15) is 4.79 Å². The lowest BCUT2D eigenvalue weighted by atomic mass is 10.0. The molecule has 0 atom stereocenters. The molecule has 21 heavy (non-hydrogen) atoms. The number of nitrogens with one attached hydrogen (secondary N) is 1. The van der Waals surface area contributed by atoms with Gasteiger partial charge in [0.2, 0.25) is 0 Å². The zero-order valence-corrected chi connectivity index (χ0v) is 13.1. The highest BCUT2D eigenvalue weighted by Crippen LogP contribution is 2.25. The molecule has 0 aliphatic rings. The van der Waals surface area contributed by atoms with E-state index < -0.39 is 0 Å². The molecule has 1 aromatic carbocycles. The topological polar surface area (TPSA) is 42.0 Å². The molecule has 1 heterocycles. The second-order valence-electron chi connectivity index (χ2n) is 5.53. The Hall–Kier alpha value is -2.16. The normalized spacial score (nSPS) is 10.7. The van der Waals surface area contributed by atoms with Crippen LogP contribution in [0, 0.1) is 0 Å². The summed E-state index contributed by atoms with van der Waals surface area (Å²) in [4.78, 5) is 16.0. The average Bonchev–Trinajstić information content (AvgIpc) is 2.46. The van der Waals surface area contributed by atoms with Gasteiger partial charge in [0.15, 0.2) is 5.78 Å². The van der Waals surface area contributed by atoms with Crippen molar-refractivity contribution in [3.63, 3.8) is 0 Å². The fraction of sp³-hybridized carbons (Fsp3) is 0.333. The number of carbonyl (C=O) groups is 1. The van der Waals surface area contributed by atoms with Gasteiger partial charge in [0.1, 0.15) is 5.69 Å². The van der Waals surface area contributed by atoms with Crippen LogP contribution in [-0.4, -0.2) is 16.8 Å². The molecule has 3 nitrogen and oxygen atoms in total. The minimum absolute atomic E-state index is 0.0213. The first-order valence-electron chi connectivity index (χ1n) is 7.38. The number of nitrogens with zero attached hydrogens (tertiary/aromatic N) is 1. The van der Waals surface area contributed by atoms with Crippen LogP contribution in [0.3, 0.4) is 0 Å². The first kappa shape index (κ1) is 15.2. The van der Waals surface area contributed by atoms with Crippen LogP contribution in [0.5, 0.6) is 0 Å². The van der Waals surface area contributed by atoms with Crippen molar-refractivity contribution >= 4 is 11.5 Å². The number of anilines is 1. The quantitative estimate of drug-likeness (QED) is 0.830. The van der Waals surface area contributed by atoms with Crippen LogP contribution in [0.1, 0.15) is 43.7 Å². The van der Waals surface area contributed by atoms with E-state index >= 15 is 0 Å². The number of Topliss-reactive ketones (excluding diaryl/α,β-unsaturated/α-hetero) is 1. The molecule has 1 N–H and O–H groups in total. The molecule has 3 heteroatoms. The third-order valence-electron chi connectivity index (χ3n) is 3.33. The molecule has 2 aromatic rings.